The first-order chi connectivity index (χ1) is 13.3. The lowest BCUT2D eigenvalue weighted by Crippen LogP contribution is -2.26. The van der Waals surface area contributed by atoms with E-state index in [0.717, 1.165) is 11.3 Å². The van der Waals surface area contributed by atoms with Gasteiger partial charge >= 0.3 is 0 Å². The lowest BCUT2D eigenvalue weighted by molar-refractivity contribution is 0.0940. The number of carbonyl (C=O) groups excluding carboxylic acids is 1. The zero-order valence-electron chi connectivity index (χ0n) is 15.9. The standard InChI is InChI=1S/C20H22N4O3S/c1-14(2)28(26,27)19-10-6-17(7-11-19)20(25)23-15(3)16-4-8-18(9-5-16)24-13-21-12-22-24/h4-15H,1-3H3,(H,23,25). The number of nitrogens with one attached hydrogen (secondary N) is 1. The summed E-state index contributed by atoms with van der Waals surface area (Å²) >= 11 is 0. The molecule has 0 bridgehead atoms. The van der Waals surface area contributed by atoms with Crippen LogP contribution in [0.2, 0.25) is 0 Å². The van der Waals surface area contributed by atoms with Crippen LogP contribution in [0.1, 0.15) is 42.7 Å². The third-order valence-corrected chi connectivity index (χ3v) is 6.66. The molecular formula is C20H22N4O3S. The third-order valence-electron chi connectivity index (χ3n) is 4.49. The summed E-state index contributed by atoms with van der Waals surface area (Å²) in [6.45, 7) is 5.15. The molecule has 1 amide bonds. The molecular weight excluding hydrogens is 376 g/mol. The normalized spacial score (nSPS) is 12.7. The molecule has 0 radical (unpaired) electrons. The number of aromatic nitrogens is 3. The molecule has 2 aromatic carbocycles. The van der Waals surface area contributed by atoms with Gasteiger partial charge in [-0.05, 0) is 62.7 Å². The van der Waals surface area contributed by atoms with Gasteiger partial charge in [0.25, 0.3) is 5.91 Å². The Balaban J connectivity index is 1.69. The van der Waals surface area contributed by atoms with Crippen LogP contribution in [0, 0.1) is 0 Å². The van der Waals surface area contributed by atoms with Crippen LogP contribution in [0.3, 0.4) is 0 Å². The molecule has 0 saturated heterocycles. The predicted octanol–water partition coefficient (Wildman–Crippen LogP) is 2.94. The number of hydrogen-bond acceptors (Lipinski definition) is 5. The number of amides is 1. The van der Waals surface area contributed by atoms with E-state index >= 15 is 0 Å². The summed E-state index contributed by atoms with van der Waals surface area (Å²) in [5.74, 6) is -0.263. The van der Waals surface area contributed by atoms with Crippen molar-refractivity contribution in [2.24, 2.45) is 0 Å². The molecule has 0 saturated carbocycles. The second kappa shape index (κ2) is 7.93. The second-order valence-electron chi connectivity index (χ2n) is 6.74. The van der Waals surface area contributed by atoms with Crippen molar-refractivity contribution < 1.29 is 13.2 Å². The van der Waals surface area contributed by atoms with Gasteiger partial charge < -0.3 is 5.32 Å². The van der Waals surface area contributed by atoms with Crippen molar-refractivity contribution in [3.8, 4) is 5.69 Å². The lowest BCUT2D eigenvalue weighted by atomic mass is 10.1. The Morgan fingerprint density at radius 2 is 1.64 bits per heavy atom. The summed E-state index contributed by atoms with van der Waals surface area (Å²) < 4.78 is 26.0. The first kappa shape index (κ1) is 19.8. The quantitative estimate of drug-likeness (QED) is 0.689. The molecule has 0 aliphatic rings. The van der Waals surface area contributed by atoms with Crippen molar-refractivity contribution in [2.45, 2.75) is 37.0 Å². The summed E-state index contributed by atoms with van der Waals surface area (Å²) in [6.07, 6.45) is 3.08. The van der Waals surface area contributed by atoms with E-state index < -0.39 is 15.1 Å². The second-order valence-corrected chi connectivity index (χ2v) is 9.25. The van der Waals surface area contributed by atoms with Gasteiger partial charge in [0.05, 0.1) is 21.9 Å². The van der Waals surface area contributed by atoms with Crippen molar-refractivity contribution >= 4 is 15.7 Å². The third kappa shape index (κ3) is 4.12. The average Bonchev–Trinajstić information content (AvgIpc) is 3.23. The number of nitrogens with zero attached hydrogens (tertiary/aromatic N) is 3. The van der Waals surface area contributed by atoms with Crippen molar-refractivity contribution in [1.29, 1.82) is 0 Å². The zero-order chi connectivity index (χ0) is 20.3. The first-order valence-corrected chi connectivity index (χ1v) is 10.4. The van der Waals surface area contributed by atoms with Crippen molar-refractivity contribution in [3.05, 3.63) is 72.3 Å². The van der Waals surface area contributed by atoms with Gasteiger partial charge in [0.1, 0.15) is 12.7 Å². The van der Waals surface area contributed by atoms with Crippen LogP contribution in [0.4, 0.5) is 0 Å². The monoisotopic (exact) mass is 398 g/mol. The highest BCUT2D eigenvalue weighted by Gasteiger charge is 2.19. The zero-order valence-corrected chi connectivity index (χ0v) is 16.7. The Morgan fingerprint density at radius 1 is 1.00 bits per heavy atom. The van der Waals surface area contributed by atoms with Crippen molar-refractivity contribution in [2.75, 3.05) is 0 Å². The molecule has 0 aliphatic carbocycles. The summed E-state index contributed by atoms with van der Waals surface area (Å²) in [5, 5.41) is 6.49. The Hall–Kier alpha value is -3.00. The van der Waals surface area contributed by atoms with Gasteiger partial charge in [-0.1, -0.05) is 12.1 Å². The van der Waals surface area contributed by atoms with Crippen LogP contribution < -0.4 is 5.32 Å². The summed E-state index contributed by atoms with van der Waals surface area (Å²) in [6, 6.07) is 13.4. The summed E-state index contributed by atoms with van der Waals surface area (Å²) in [5.41, 5.74) is 2.23. The fraction of sp³-hybridized carbons (Fsp3) is 0.250. The molecule has 28 heavy (non-hydrogen) atoms. The minimum atomic E-state index is -3.35. The van der Waals surface area contributed by atoms with Crippen LogP contribution in [0.15, 0.2) is 66.1 Å². The van der Waals surface area contributed by atoms with Gasteiger partial charge in [0.15, 0.2) is 9.84 Å². The van der Waals surface area contributed by atoms with Gasteiger partial charge in [-0.2, -0.15) is 5.10 Å². The highest BCUT2D eigenvalue weighted by atomic mass is 32.2. The maximum atomic E-state index is 12.5. The summed E-state index contributed by atoms with van der Waals surface area (Å²) in [4.78, 5) is 16.6. The lowest BCUT2D eigenvalue weighted by Gasteiger charge is -2.15. The van der Waals surface area contributed by atoms with E-state index in [4.69, 9.17) is 0 Å². The minimum absolute atomic E-state index is 0.212. The number of rotatable bonds is 6. The van der Waals surface area contributed by atoms with E-state index in [-0.39, 0.29) is 16.8 Å². The predicted molar refractivity (Wildman–Crippen MR) is 106 cm³/mol. The van der Waals surface area contributed by atoms with E-state index in [0.29, 0.717) is 5.56 Å². The average molecular weight is 398 g/mol. The van der Waals surface area contributed by atoms with Gasteiger partial charge in [-0.15, -0.1) is 0 Å². The number of carbonyl (C=O) groups is 1. The smallest absolute Gasteiger partial charge is 0.251 e. The Bertz CT molecular complexity index is 1040. The van der Waals surface area contributed by atoms with E-state index in [9.17, 15) is 13.2 Å². The molecule has 1 N–H and O–H groups in total. The van der Waals surface area contributed by atoms with Crippen LogP contribution >= 0.6 is 0 Å². The molecule has 1 heterocycles. The molecule has 7 nitrogen and oxygen atoms in total. The van der Waals surface area contributed by atoms with Crippen LogP contribution in [-0.2, 0) is 9.84 Å². The van der Waals surface area contributed by atoms with Gasteiger partial charge in [0, 0.05) is 5.56 Å². The van der Waals surface area contributed by atoms with E-state index in [1.54, 1.807) is 24.9 Å². The SMILES string of the molecule is CC(NC(=O)c1ccc(S(=O)(=O)C(C)C)cc1)c1ccc(-n2cncn2)cc1. The fourth-order valence-electron chi connectivity index (χ4n) is 2.69. The molecule has 8 heteroatoms. The maximum absolute atomic E-state index is 12.5. The minimum Gasteiger partial charge on any atom is -0.346 e. The molecule has 0 fully saturated rings. The number of sulfone groups is 1. The molecule has 1 unspecified atom stereocenters. The highest BCUT2D eigenvalue weighted by Crippen LogP contribution is 2.18. The molecule has 3 aromatic rings. The molecule has 1 atom stereocenters. The molecule has 0 spiro atoms. The number of benzene rings is 2. The van der Waals surface area contributed by atoms with E-state index in [1.165, 1.54) is 30.6 Å². The van der Waals surface area contributed by atoms with Crippen LogP contribution in [0.25, 0.3) is 5.69 Å². The van der Waals surface area contributed by atoms with Gasteiger partial charge in [-0.25, -0.2) is 18.1 Å². The Labute approximate surface area is 164 Å². The van der Waals surface area contributed by atoms with E-state index in [2.05, 4.69) is 15.4 Å². The Morgan fingerprint density at radius 3 is 2.18 bits per heavy atom. The largest absolute Gasteiger partial charge is 0.346 e. The van der Waals surface area contributed by atoms with Crippen molar-refractivity contribution in [3.63, 3.8) is 0 Å². The van der Waals surface area contributed by atoms with Crippen LogP contribution in [0.5, 0.6) is 0 Å². The van der Waals surface area contributed by atoms with Crippen LogP contribution in [-0.4, -0.2) is 34.3 Å². The molecule has 1 aromatic heterocycles. The van der Waals surface area contributed by atoms with E-state index in [1.807, 2.05) is 31.2 Å². The topological polar surface area (TPSA) is 94.0 Å². The highest BCUT2D eigenvalue weighted by molar-refractivity contribution is 7.92. The maximum Gasteiger partial charge on any atom is 0.251 e. The first-order valence-electron chi connectivity index (χ1n) is 8.89. The van der Waals surface area contributed by atoms with Gasteiger partial charge in [0.2, 0.25) is 0 Å². The van der Waals surface area contributed by atoms with Crippen molar-refractivity contribution in [1.82, 2.24) is 20.1 Å². The fourth-order valence-corrected chi connectivity index (χ4v) is 3.75. The summed E-state index contributed by atoms with van der Waals surface area (Å²) in [7, 11) is -3.35. The molecule has 146 valence electrons. The molecule has 3 rings (SSSR count). The number of hydrogen-bond donors (Lipinski definition) is 1. The van der Waals surface area contributed by atoms with Gasteiger partial charge in [-0.3, -0.25) is 4.79 Å². The molecule has 0 aliphatic heterocycles. The Kier molecular flexibility index (Phi) is 5.60.